The van der Waals surface area contributed by atoms with Gasteiger partial charge >= 0.3 is 7.12 Å². The summed E-state index contributed by atoms with van der Waals surface area (Å²) in [5.74, 6) is 0. The predicted molar refractivity (Wildman–Crippen MR) is 142 cm³/mol. The van der Waals surface area contributed by atoms with Gasteiger partial charge in [0.1, 0.15) is 0 Å². The van der Waals surface area contributed by atoms with Gasteiger partial charge in [0.25, 0.3) is 8.32 Å². The minimum absolute atomic E-state index is 0.00724. The van der Waals surface area contributed by atoms with Gasteiger partial charge in [-0.2, -0.15) is 0 Å². The largest absolute Gasteiger partial charge is 0.492 e. The van der Waals surface area contributed by atoms with Crippen molar-refractivity contribution in [2.24, 2.45) is 0 Å². The lowest BCUT2D eigenvalue weighted by atomic mass is 9.77. The highest BCUT2D eigenvalue weighted by Crippen LogP contribution is 2.40. The molecule has 1 atom stereocenters. The third kappa shape index (κ3) is 4.71. The van der Waals surface area contributed by atoms with Crippen molar-refractivity contribution in [3.05, 3.63) is 72.2 Å². The fourth-order valence-corrected chi connectivity index (χ4v) is 9.47. The molecular weight excluding hydrogens is 439 g/mol. The van der Waals surface area contributed by atoms with Crippen molar-refractivity contribution >= 4 is 25.8 Å². The molecule has 1 unspecified atom stereocenters. The maximum Gasteiger partial charge on any atom is 0.492 e. The molecule has 0 amide bonds. The standard InChI is InChI=1S/C28H39BO4Si/c1-26(2,3)34(24-14-10-8-11-15-24,25-16-12-9-13-17-25)31-21-23-19-18-22(20-30-23)29-32-27(4,5)28(6,7)33-29/h8-18,23H,19-21H2,1-7H3. The lowest BCUT2D eigenvalue weighted by molar-refractivity contribution is 0.00578. The number of hydrogen-bond acceptors (Lipinski definition) is 4. The second kappa shape index (κ2) is 9.40. The van der Waals surface area contributed by atoms with Crippen LogP contribution in [0.25, 0.3) is 0 Å². The molecule has 1 fully saturated rings. The fourth-order valence-electron chi connectivity index (χ4n) is 4.88. The number of rotatable bonds is 6. The zero-order valence-electron chi connectivity index (χ0n) is 21.8. The van der Waals surface area contributed by atoms with E-state index in [1.54, 1.807) is 0 Å². The Kier molecular flexibility index (Phi) is 7.02. The Morgan fingerprint density at radius 1 is 0.882 bits per heavy atom. The van der Waals surface area contributed by atoms with E-state index in [9.17, 15) is 0 Å². The summed E-state index contributed by atoms with van der Waals surface area (Å²) in [6.07, 6.45) is 3.02. The predicted octanol–water partition coefficient (Wildman–Crippen LogP) is 4.91. The van der Waals surface area contributed by atoms with Crippen LogP contribution in [0.2, 0.25) is 5.04 Å². The van der Waals surface area contributed by atoms with Gasteiger partial charge in [0.2, 0.25) is 0 Å². The Morgan fingerprint density at radius 2 is 1.38 bits per heavy atom. The van der Waals surface area contributed by atoms with Gasteiger partial charge in [-0.15, -0.1) is 0 Å². The minimum Gasteiger partial charge on any atom is -0.405 e. The highest BCUT2D eigenvalue weighted by molar-refractivity contribution is 6.99. The van der Waals surface area contributed by atoms with Gasteiger partial charge in [0.15, 0.2) is 0 Å². The quantitative estimate of drug-likeness (QED) is 0.553. The van der Waals surface area contributed by atoms with Gasteiger partial charge < -0.3 is 18.5 Å². The zero-order valence-corrected chi connectivity index (χ0v) is 22.8. The van der Waals surface area contributed by atoms with Crippen molar-refractivity contribution in [3.63, 3.8) is 0 Å². The number of benzene rings is 2. The summed E-state index contributed by atoms with van der Waals surface area (Å²) in [5.41, 5.74) is 0.379. The van der Waals surface area contributed by atoms with Crippen LogP contribution in [0.4, 0.5) is 0 Å². The summed E-state index contributed by atoms with van der Waals surface area (Å²) in [6.45, 7) is 16.3. The molecule has 0 N–H and O–H groups in total. The highest BCUT2D eigenvalue weighted by Gasteiger charge is 2.53. The average molecular weight is 479 g/mol. The number of ether oxygens (including phenoxy) is 1. The highest BCUT2D eigenvalue weighted by atomic mass is 28.4. The Balaban J connectivity index is 1.54. The van der Waals surface area contributed by atoms with Crippen LogP contribution in [0.5, 0.6) is 0 Å². The van der Waals surface area contributed by atoms with E-state index in [4.69, 9.17) is 18.5 Å². The summed E-state index contributed by atoms with van der Waals surface area (Å²) < 4.78 is 25.8. The molecule has 0 aliphatic carbocycles. The second-order valence-electron chi connectivity index (χ2n) is 11.5. The molecule has 2 aromatic carbocycles. The van der Waals surface area contributed by atoms with Crippen LogP contribution in [0, 0.1) is 0 Å². The fraction of sp³-hybridized carbons (Fsp3) is 0.500. The molecule has 1 saturated heterocycles. The normalized spacial score (nSPS) is 22.5. The van der Waals surface area contributed by atoms with Crippen LogP contribution in [0.3, 0.4) is 0 Å². The lowest BCUT2D eigenvalue weighted by Gasteiger charge is -2.43. The topological polar surface area (TPSA) is 36.9 Å². The molecule has 4 rings (SSSR count). The van der Waals surface area contributed by atoms with Gasteiger partial charge in [-0.25, -0.2) is 0 Å². The Bertz CT molecular complexity index is 943. The molecule has 0 radical (unpaired) electrons. The van der Waals surface area contributed by atoms with E-state index in [1.165, 1.54) is 10.4 Å². The summed E-state index contributed by atoms with van der Waals surface area (Å²) in [5, 5.41) is 2.53. The van der Waals surface area contributed by atoms with E-state index in [1.807, 2.05) is 0 Å². The van der Waals surface area contributed by atoms with Crippen LogP contribution in [0.1, 0.15) is 54.9 Å². The maximum absolute atomic E-state index is 7.05. The summed E-state index contributed by atoms with van der Waals surface area (Å²) in [7, 11) is -2.91. The van der Waals surface area contributed by atoms with E-state index in [0.717, 1.165) is 11.9 Å². The summed E-state index contributed by atoms with van der Waals surface area (Å²) >= 11 is 0. The molecular formula is C28H39BO4Si. The zero-order chi connectivity index (χ0) is 24.6. The molecule has 34 heavy (non-hydrogen) atoms. The molecule has 4 nitrogen and oxygen atoms in total. The van der Waals surface area contributed by atoms with Crippen molar-refractivity contribution in [1.82, 2.24) is 0 Å². The molecule has 0 bridgehead atoms. The van der Waals surface area contributed by atoms with Gasteiger partial charge in [-0.1, -0.05) is 87.5 Å². The molecule has 2 aliphatic heterocycles. The van der Waals surface area contributed by atoms with Crippen molar-refractivity contribution in [2.75, 3.05) is 13.2 Å². The van der Waals surface area contributed by atoms with Crippen LogP contribution < -0.4 is 10.4 Å². The van der Waals surface area contributed by atoms with E-state index in [-0.39, 0.29) is 29.5 Å². The first-order valence-electron chi connectivity index (χ1n) is 12.4. The third-order valence-electron chi connectivity index (χ3n) is 7.59. The first-order valence-corrected chi connectivity index (χ1v) is 14.3. The molecule has 0 aromatic heterocycles. The van der Waals surface area contributed by atoms with Crippen LogP contribution >= 0.6 is 0 Å². The van der Waals surface area contributed by atoms with Gasteiger partial charge in [-0.3, -0.25) is 0 Å². The van der Waals surface area contributed by atoms with E-state index in [0.29, 0.717) is 13.2 Å². The third-order valence-corrected chi connectivity index (χ3v) is 12.6. The monoisotopic (exact) mass is 478 g/mol. The first-order chi connectivity index (χ1) is 16.0. The van der Waals surface area contributed by atoms with E-state index >= 15 is 0 Å². The van der Waals surface area contributed by atoms with Crippen molar-refractivity contribution in [3.8, 4) is 0 Å². The maximum atomic E-state index is 7.05. The Hall–Kier alpha value is -1.70. The van der Waals surface area contributed by atoms with Crippen LogP contribution in [-0.2, 0) is 18.5 Å². The van der Waals surface area contributed by atoms with Crippen molar-refractivity contribution in [1.29, 1.82) is 0 Å². The molecule has 0 saturated carbocycles. The average Bonchev–Trinajstić information content (AvgIpc) is 3.02. The van der Waals surface area contributed by atoms with Crippen LogP contribution in [0.15, 0.2) is 72.2 Å². The Labute approximate surface area is 206 Å². The minimum atomic E-state index is -2.56. The molecule has 2 heterocycles. The second-order valence-corrected chi connectivity index (χ2v) is 15.8. The Morgan fingerprint density at radius 3 is 1.79 bits per heavy atom. The molecule has 6 heteroatoms. The lowest BCUT2D eigenvalue weighted by Crippen LogP contribution is -2.67. The summed E-state index contributed by atoms with van der Waals surface area (Å²) in [4.78, 5) is 0. The smallest absolute Gasteiger partial charge is 0.405 e. The van der Waals surface area contributed by atoms with Crippen LogP contribution in [-0.4, -0.2) is 46.0 Å². The van der Waals surface area contributed by atoms with Gasteiger partial charge in [0.05, 0.1) is 30.5 Å². The van der Waals surface area contributed by atoms with Gasteiger partial charge in [-0.05, 0) is 55.0 Å². The van der Waals surface area contributed by atoms with Crippen molar-refractivity contribution < 1.29 is 18.5 Å². The van der Waals surface area contributed by atoms with Crippen molar-refractivity contribution in [2.45, 2.75) is 77.2 Å². The SMILES string of the molecule is CC1(C)OB(C2=CCC(CO[Si](c3ccccc3)(c3ccccc3)C(C)(C)C)OC2)OC1(C)C. The first kappa shape index (κ1) is 25.4. The molecule has 0 spiro atoms. The summed E-state index contributed by atoms with van der Waals surface area (Å²) in [6, 6.07) is 21.5. The van der Waals surface area contributed by atoms with E-state index in [2.05, 4.69) is 115 Å². The number of hydrogen-bond donors (Lipinski definition) is 0. The molecule has 182 valence electrons. The van der Waals surface area contributed by atoms with Gasteiger partial charge in [0, 0.05) is 0 Å². The molecule has 2 aromatic rings. The van der Waals surface area contributed by atoms with E-state index < -0.39 is 8.32 Å². The molecule has 2 aliphatic rings.